The molecule has 6 rings (SSSR count). The maximum Gasteiger partial charge on any atom is 0.167 e. The summed E-state index contributed by atoms with van der Waals surface area (Å²) in [5.74, 6) is 3.13. The summed E-state index contributed by atoms with van der Waals surface area (Å²) in [5.41, 5.74) is 13.3. The summed E-state index contributed by atoms with van der Waals surface area (Å²) in [4.78, 5) is 29.8. The molecule has 0 saturated heterocycles. The summed E-state index contributed by atoms with van der Waals surface area (Å²) in [7, 11) is 0. The average molecular weight is 633 g/mol. The van der Waals surface area contributed by atoms with E-state index >= 15 is 0 Å². The minimum Gasteiger partial charge on any atom is -0.208 e. The van der Waals surface area contributed by atoms with Crippen LogP contribution in [0.25, 0.3) is 51.1 Å². The fourth-order valence-corrected chi connectivity index (χ4v) is 6.05. The molecule has 2 aromatic heterocycles. The van der Waals surface area contributed by atoms with Gasteiger partial charge in [0.2, 0.25) is 0 Å². The molecule has 4 aromatic carbocycles. The molecule has 0 spiro atoms. The lowest BCUT2D eigenvalue weighted by Crippen LogP contribution is -2.08. The predicted molar refractivity (Wildman–Crippen MR) is 199 cm³/mol. The molecule has 0 radical (unpaired) electrons. The molecule has 0 unspecified atom stereocenters. The van der Waals surface area contributed by atoms with Gasteiger partial charge in [-0.25, -0.2) is 29.9 Å². The Kier molecular flexibility index (Phi) is 10.0. The third kappa shape index (κ3) is 7.77. The van der Waals surface area contributed by atoms with Crippen molar-refractivity contribution < 1.29 is 0 Å². The van der Waals surface area contributed by atoms with Gasteiger partial charge in [-0.2, -0.15) is 0 Å². The minimum atomic E-state index is 0.419. The van der Waals surface area contributed by atoms with E-state index in [2.05, 4.69) is 135 Å². The Balaban J connectivity index is 0.00000221. The molecule has 0 saturated carbocycles. The largest absolute Gasteiger partial charge is 0.208 e. The molecule has 2 heterocycles. The van der Waals surface area contributed by atoms with Crippen LogP contribution in [0.4, 0.5) is 0 Å². The second-order valence-electron chi connectivity index (χ2n) is 12.6. The second kappa shape index (κ2) is 14.2. The number of hydrogen-bond donors (Lipinski definition) is 0. The van der Waals surface area contributed by atoms with Crippen molar-refractivity contribution in [3.63, 3.8) is 0 Å². The van der Waals surface area contributed by atoms with Crippen molar-refractivity contribution in [1.82, 2.24) is 29.9 Å². The molecule has 0 aliphatic rings. The van der Waals surface area contributed by atoms with Gasteiger partial charge in [-0.15, -0.1) is 0 Å². The Bertz CT molecular complexity index is 1790. The van der Waals surface area contributed by atoms with Crippen molar-refractivity contribution in [1.29, 1.82) is 0 Å². The number of benzene rings is 4. The molecule has 6 heteroatoms. The normalized spacial score (nSPS) is 10.8. The fraction of sp³-hybridized carbons (Fsp3) is 0.238. The van der Waals surface area contributed by atoms with Crippen LogP contribution < -0.4 is 0 Å². The third-order valence-corrected chi connectivity index (χ3v) is 7.73. The van der Waals surface area contributed by atoms with Gasteiger partial charge in [-0.3, -0.25) is 0 Å². The Morgan fingerprint density at radius 1 is 0.333 bits per heavy atom. The van der Waals surface area contributed by atoms with Crippen molar-refractivity contribution in [3.8, 4) is 45.6 Å². The summed E-state index contributed by atoms with van der Waals surface area (Å²) in [6.07, 6.45) is 0. The Labute approximate surface area is 285 Å². The number of nitrogens with zero attached hydrogens (tertiary/aromatic N) is 6. The molecule has 6 nitrogen and oxygen atoms in total. The maximum atomic E-state index is 4.97. The first kappa shape index (κ1) is 34.0. The molecular formula is C42H44N6. The average Bonchev–Trinajstić information content (AvgIpc) is 3.03. The van der Waals surface area contributed by atoms with Crippen molar-refractivity contribution in [2.75, 3.05) is 0 Å². The standard InChI is InChI=1S/C40H38N6.C2H6/c1-22-10-23(2)15-31(14-22)37-41-35(42-38(45-37)32-16-24(3)11-25(4)17-32)30(9)36-43-39(33-18-26(5)12-27(6)19-33)46-40(44-36)34-20-28(7)13-29(8)21-34;1-2/h10-21H,9H2,1-8H3;1-2H3. The van der Waals surface area contributed by atoms with Crippen molar-refractivity contribution >= 4 is 5.57 Å². The topological polar surface area (TPSA) is 77.3 Å². The first-order chi connectivity index (χ1) is 22.9. The van der Waals surface area contributed by atoms with Crippen LogP contribution in [-0.2, 0) is 0 Å². The highest BCUT2D eigenvalue weighted by molar-refractivity contribution is 5.75. The van der Waals surface area contributed by atoms with Crippen LogP contribution >= 0.6 is 0 Å². The number of aromatic nitrogens is 6. The SMILES string of the molecule is C=C(c1nc(-c2cc(C)cc(C)c2)nc(-c2cc(C)cc(C)c2)n1)c1nc(-c2cc(C)cc(C)c2)nc(-c2cc(C)cc(C)c2)n1.CC. The van der Waals surface area contributed by atoms with E-state index in [4.69, 9.17) is 29.9 Å². The van der Waals surface area contributed by atoms with Gasteiger partial charge in [-0.1, -0.05) is 89.2 Å². The molecule has 0 bridgehead atoms. The summed E-state index contributed by atoms with van der Waals surface area (Å²) in [6.45, 7) is 25.1. The van der Waals surface area contributed by atoms with Crippen LogP contribution in [0.2, 0.25) is 0 Å². The van der Waals surface area contributed by atoms with Crippen LogP contribution in [0.3, 0.4) is 0 Å². The van der Waals surface area contributed by atoms with Gasteiger partial charge in [-0.05, 0) is 104 Å². The predicted octanol–water partition coefficient (Wildman–Crippen LogP) is 10.3. The lowest BCUT2D eigenvalue weighted by atomic mass is 10.1. The summed E-state index contributed by atoms with van der Waals surface area (Å²) in [6, 6.07) is 25.3. The van der Waals surface area contributed by atoms with E-state index in [0.29, 0.717) is 40.5 Å². The summed E-state index contributed by atoms with van der Waals surface area (Å²) < 4.78 is 0. The molecule has 0 atom stereocenters. The zero-order chi connectivity index (χ0) is 34.7. The van der Waals surface area contributed by atoms with E-state index in [1.54, 1.807) is 0 Å². The Morgan fingerprint density at radius 2 is 0.521 bits per heavy atom. The molecule has 6 aromatic rings. The van der Waals surface area contributed by atoms with Gasteiger partial charge in [0.25, 0.3) is 0 Å². The van der Waals surface area contributed by atoms with E-state index < -0.39 is 0 Å². The van der Waals surface area contributed by atoms with Gasteiger partial charge in [0.15, 0.2) is 34.9 Å². The van der Waals surface area contributed by atoms with Crippen LogP contribution in [0.15, 0.2) is 79.4 Å². The maximum absolute atomic E-state index is 4.97. The molecular weight excluding hydrogens is 589 g/mol. The molecule has 0 amide bonds. The van der Waals surface area contributed by atoms with Crippen molar-refractivity contribution in [2.24, 2.45) is 0 Å². The number of aryl methyl sites for hydroxylation is 8. The van der Waals surface area contributed by atoms with E-state index in [9.17, 15) is 0 Å². The van der Waals surface area contributed by atoms with Crippen LogP contribution in [-0.4, -0.2) is 29.9 Å². The van der Waals surface area contributed by atoms with E-state index in [1.165, 1.54) is 0 Å². The highest BCUT2D eigenvalue weighted by Crippen LogP contribution is 2.29. The Hall–Kier alpha value is -5.36. The van der Waals surface area contributed by atoms with Gasteiger partial charge < -0.3 is 0 Å². The van der Waals surface area contributed by atoms with Gasteiger partial charge in [0, 0.05) is 22.3 Å². The lowest BCUT2D eigenvalue weighted by molar-refractivity contribution is 0.996. The van der Waals surface area contributed by atoms with Gasteiger partial charge in [0.1, 0.15) is 0 Å². The smallest absolute Gasteiger partial charge is 0.167 e. The van der Waals surface area contributed by atoms with E-state index in [0.717, 1.165) is 66.8 Å². The molecule has 0 N–H and O–H groups in total. The van der Waals surface area contributed by atoms with Crippen LogP contribution in [0.1, 0.15) is 70.0 Å². The monoisotopic (exact) mass is 632 g/mol. The molecule has 48 heavy (non-hydrogen) atoms. The third-order valence-electron chi connectivity index (χ3n) is 7.73. The van der Waals surface area contributed by atoms with Crippen LogP contribution in [0, 0.1) is 55.4 Å². The second-order valence-corrected chi connectivity index (χ2v) is 12.6. The van der Waals surface area contributed by atoms with Gasteiger partial charge in [0.05, 0.1) is 5.57 Å². The highest BCUT2D eigenvalue weighted by atomic mass is 15.1. The summed E-state index contributed by atoms with van der Waals surface area (Å²) >= 11 is 0. The fourth-order valence-electron chi connectivity index (χ4n) is 6.05. The first-order valence-corrected chi connectivity index (χ1v) is 16.5. The first-order valence-electron chi connectivity index (χ1n) is 16.5. The quantitative estimate of drug-likeness (QED) is 0.182. The summed E-state index contributed by atoms with van der Waals surface area (Å²) in [5, 5.41) is 0. The van der Waals surface area contributed by atoms with E-state index in [1.807, 2.05) is 13.8 Å². The lowest BCUT2D eigenvalue weighted by Gasteiger charge is -2.13. The number of hydrogen-bond acceptors (Lipinski definition) is 6. The van der Waals surface area contributed by atoms with Crippen molar-refractivity contribution in [2.45, 2.75) is 69.2 Å². The molecule has 0 fully saturated rings. The molecule has 0 aliphatic carbocycles. The zero-order valence-corrected chi connectivity index (χ0v) is 29.8. The molecule has 0 aliphatic heterocycles. The minimum absolute atomic E-state index is 0.419. The molecule has 242 valence electrons. The van der Waals surface area contributed by atoms with Gasteiger partial charge >= 0.3 is 0 Å². The van der Waals surface area contributed by atoms with Crippen molar-refractivity contribution in [3.05, 3.63) is 136 Å². The van der Waals surface area contributed by atoms with Crippen LogP contribution in [0.5, 0.6) is 0 Å². The highest BCUT2D eigenvalue weighted by Gasteiger charge is 2.19. The number of rotatable bonds is 6. The van der Waals surface area contributed by atoms with E-state index in [-0.39, 0.29) is 0 Å². The zero-order valence-electron chi connectivity index (χ0n) is 29.8. The Morgan fingerprint density at radius 3 is 0.708 bits per heavy atom.